The molecule has 3 aromatic carbocycles. The van der Waals surface area contributed by atoms with Crippen LogP contribution < -0.4 is 4.74 Å². The predicted molar refractivity (Wildman–Crippen MR) is 97.8 cm³/mol. The van der Waals surface area contributed by atoms with Crippen LogP contribution in [0.5, 0.6) is 23.0 Å². The summed E-state index contributed by atoms with van der Waals surface area (Å²) in [6.07, 6.45) is 0. The van der Waals surface area contributed by atoms with Crippen molar-refractivity contribution in [2.24, 2.45) is 0 Å². The molecule has 0 fully saturated rings. The summed E-state index contributed by atoms with van der Waals surface area (Å²) < 4.78 is 12.0. The second kappa shape index (κ2) is 5.18. The molecule has 134 valence electrons. The quantitative estimate of drug-likeness (QED) is 0.556. The Balaban J connectivity index is 1.96. The second-order valence-corrected chi connectivity index (χ2v) is 7.01. The van der Waals surface area contributed by atoms with Gasteiger partial charge in [-0.25, -0.2) is 4.79 Å². The zero-order valence-electron chi connectivity index (χ0n) is 14.1. The summed E-state index contributed by atoms with van der Waals surface area (Å²) in [6.45, 7) is 1.71. The Hall–Kier alpha value is -3.18. The average molecular weight is 381 g/mol. The average Bonchev–Trinajstić information content (AvgIpc) is 2.92. The van der Waals surface area contributed by atoms with Crippen LogP contribution in [0.25, 0.3) is 0 Å². The lowest BCUT2D eigenvalue weighted by Crippen LogP contribution is -2.33. The Kier molecular flexibility index (Phi) is 3.07. The van der Waals surface area contributed by atoms with Gasteiger partial charge in [-0.05, 0) is 31.2 Å². The van der Waals surface area contributed by atoms with Gasteiger partial charge in [0.1, 0.15) is 23.0 Å². The van der Waals surface area contributed by atoms with Crippen molar-refractivity contribution in [1.29, 1.82) is 0 Å². The van der Waals surface area contributed by atoms with Crippen molar-refractivity contribution in [2.45, 2.75) is 12.5 Å². The van der Waals surface area contributed by atoms with E-state index in [0.29, 0.717) is 33.6 Å². The van der Waals surface area contributed by atoms with Gasteiger partial charge in [0.15, 0.2) is 5.60 Å². The van der Waals surface area contributed by atoms with Gasteiger partial charge in [0, 0.05) is 22.8 Å². The molecular formula is C21H13ClO5. The van der Waals surface area contributed by atoms with Crippen LogP contribution in [-0.4, -0.2) is 16.2 Å². The second-order valence-electron chi connectivity index (χ2n) is 6.61. The van der Waals surface area contributed by atoms with Crippen molar-refractivity contribution in [3.63, 3.8) is 0 Å². The molecule has 0 aliphatic carbocycles. The van der Waals surface area contributed by atoms with Crippen LogP contribution in [0.3, 0.4) is 0 Å². The summed E-state index contributed by atoms with van der Waals surface area (Å²) in [6, 6.07) is 13.1. The number of ether oxygens (including phenoxy) is 2. The van der Waals surface area contributed by atoms with Gasteiger partial charge < -0.3 is 19.7 Å². The number of fused-ring (bicyclic) bond motifs is 6. The highest BCUT2D eigenvalue weighted by molar-refractivity contribution is 6.32. The van der Waals surface area contributed by atoms with Crippen molar-refractivity contribution < 1.29 is 24.5 Å². The number of carbonyl (C=O) groups is 1. The first kappa shape index (κ1) is 16.0. The molecule has 27 heavy (non-hydrogen) atoms. The number of phenolic OH excluding ortho intramolecular Hbond substituents is 2. The molecule has 2 N–H and O–H groups in total. The minimum absolute atomic E-state index is 0.0520. The first-order valence-electron chi connectivity index (χ1n) is 8.30. The number of rotatable bonds is 0. The lowest BCUT2D eigenvalue weighted by molar-refractivity contribution is 0.0224. The van der Waals surface area contributed by atoms with E-state index >= 15 is 0 Å². The molecule has 6 heteroatoms. The summed E-state index contributed by atoms with van der Waals surface area (Å²) in [7, 11) is 0. The Morgan fingerprint density at radius 3 is 2.63 bits per heavy atom. The van der Waals surface area contributed by atoms with Crippen LogP contribution in [-0.2, 0) is 10.3 Å². The van der Waals surface area contributed by atoms with Gasteiger partial charge >= 0.3 is 5.97 Å². The van der Waals surface area contributed by atoms with E-state index in [-0.39, 0.29) is 22.3 Å². The maximum Gasteiger partial charge on any atom is 0.340 e. The molecule has 0 saturated carbocycles. The van der Waals surface area contributed by atoms with Crippen molar-refractivity contribution in [3.8, 4) is 23.0 Å². The van der Waals surface area contributed by atoms with Crippen LogP contribution >= 0.6 is 11.6 Å². The van der Waals surface area contributed by atoms with Gasteiger partial charge in [0.05, 0.1) is 16.1 Å². The summed E-state index contributed by atoms with van der Waals surface area (Å²) in [4.78, 5) is 12.7. The molecule has 3 aromatic rings. The zero-order valence-corrected chi connectivity index (χ0v) is 14.9. The first-order chi connectivity index (χ1) is 12.9. The normalized spacial score (nSPS) is 19.1. The fourth-order valence-electron chi connectivity index (χ4n) is 3.93. The Bertz CT molecular complexity index is 1150. The molecule has 0 bridgehead atoms. The number of esters is 1. The Morgan fingerprint density at radius 1 is 1.04 bits per heavy atom. The number of benzene rings is 3. The largest absolute Gasteiger partial charge is 0.508 e. The SMILES string of the molecule is Cc1c(O)ccc2c1Oc1cc(O)cc(Cl)c1C21OC(=O)c2ccccc21. The smallest absolute Gasteiger partial charge is 0.340 e. The molecule has 0 saturated heterocycles. The molecule has 2 heterocycles. The highest BCUT2D eigenvalue weighted by Gasteiger charge is 2.55. The fraction of sp³-hybridized carbons (Fsp3) is 0.0952. The van der Waals surface area contributed by atoms with Gasteiger partial charge in [-0.2, -0.15) is 0 Å². The van der Waals surface area contributed by atoms with Crippen molar-refractivity contribution >= 4 is 17.6 Å². The van der Waals surface area contributed by atoms with Crippen LogP contribution in [0, 0.1) is 6.92 Å². The van der Waals surface area contributed by atoms with E-state index in [1.54, 1.807) is 25.1 Å². The van der Waals surface area contributed by atoms with Crippen LogP contribution in [0.4, 0.5) is 0 Å². The fourth-order valence-corrected chi connectivity index (χ4v) is 4.27. The number of aromatic hydroxyl groups is 2. The maximum atomic E-state index is 12.7. The van der Waals surface area contributed by atoms with E-state index in [0.717, 1.165) is 0 Å². The van der Waals surface area contributed by atoms with Gasteiger partial charge in [0.25, 0.3) is 0 Å². The molecule has 0 aromatic heterocycles. The van der Waals surface area contributed by atoms with E-state index < -0.39 is 11.6 Å². The molecule has 1 atom stereocenters. The Morgan fingerprint density at radius 2 is 1.81 bits per heavy atom. The van der Waals surface area contributed by atoms with Crippen molar-refractivity contribution in [3.05, 3.63) is 81.4 Å². The number of hydrogen-bond donors (Lipinski definition) is 2. The van der Waals surface area contributed by atoms with Crippen LogP contribution in [0.2, 0.25) is 5.02 Å². The zero-order chi connectivity index (χ0) is 18.9. The number of halogens is 1. The number of hydrogen-bond acceptors (Lipinski definition) is 5. The summed E-state index contributed by atoms with van der Waals surface area (Å²) >= 11 is 6.49. The van der Waals surface area contributed by atoms with Gasteiger partial charge in [-0.15, -0.1) is 0 Å². The molecule has 1 spiro atoms. The van der Waals surface area contributed by atoms with Gasteiger partial charge in [0.2, 0.25) is 0 Å². The lowest BCUT2D eigenvalue weighted by atomic mass is 9.77. The molecule has 0 amide bonds. The van der Waals surface area contributed by atoms with Crippen molar-refractivity contribution in [2.75, 3.05) is 0 Å². The molecule has 2 aliphatic rings. The van der Waals surface area contributed by atoms with Crippen LogP contribution in [0.1, 0.15) is 32.6 Å². The summed E-state index contributed by atoms with van der Waals surface area (Å²) in [5, 5.41) is 20.4. The third-order valence-corrected chi connectivity index (χ3v) is 5.43. The highest BCUT2D eigenvalue weighted by Crippen LogP contribution is 2.59. The van der Waals surface area contributed by atoms with E-state index in [1.165, 1.54) is 18.2 Å². The summed E-state index contributed by atoms with van der Waals surface area (Å²) in [5.74, 6) is 0.141. The lowest BCUT2D eigenvalue weighted by Gasteiger charge is -2.37. The maximum absolute atomic E-state index is 12.7. The Labute approximate surface area is 159 Å². The molecule has 0 radical (unpaired) electrons. The molecular weight excluding hydrogens is 368 g/mol. The summed E-state index contributed by atoms with van der Waals surface area (Å²) in [5.41, 5.74) is 1.26. The first-order valence-corrected chi connectivity index (χ1v) is 8.68. The minimum Gasteiger partial charge on any atom is -0.508 e. The highest BCUT2D eigenvalue weighted by atomic mass is 35.5. The van der Waals surface area contributed by atoms with Crippen molar-refractivity contribution in [1.82, 2.24) is 0 Å². The van der Waals surface area contributed by atoms with E-state index in [1.807, 2.05) is 12.1 Å². The topological polar surface area (TPSA) is 76.0 Å². The molecule has 1 unspecified atom stereocenters. The van der Waals surface area contributed by atoms with Gasteiger partial charge in [-0.3, -0.25) is 0 Å². The van der Waals surface area contributed by atoms with E-state index in [2.05, 4.69) is 0 Å². The third kappa shape index (κ3) is 1.92. The van der Waals surface area contributed by atoms with Crippen LogP contribution in [0.15, 0.2) is 48.5 Å². The van der Waals surface area contributed by atoms with Gasteiger partial charge in [-0.1, -0.05) is 29.8 Å². The van der Waals surface area contributed by atoms with E-state index in [4.69, 9.17) is 21.1 Å². The number of carbonyl (C=O) groups excluding carboxylic acids is 1. The predicted octanol–water partition coefficient (Wildman–Crippen LogP) is 4.63. The molecule has 2 aliphatic heterocycles. The minimum atomic E-state index is -1.32. The molecule has 5 nitrogen and oxygen atoms in total. The third-order valence-electron chi connectivity index (χ3n) is 5.13. The number of phenols is 2. The standard InChI is InChI=1S/C21H13ClO5/c1-10-16(24)7-6-14-19(10)26-17-9-11(23)8-15(22)18(17)21(14)13-5-3-2-4-12(13)20(25)27-21/h2-9,23-24H,1H3. The monoisotopic (exact) mass is 380 g/mol. The molecule has 5 rings (SSSR count). The van der Waals surface area contributed by atoms with E-state index in [9.17, 15) is 15.0 Å².